The molecule has 1 spiro atoms. The molecule has 1 aromatic heterocycles. The number of nitrogen functional groups attached to an aromatic ring is 1. The minimum Gasteiger partial charge on any atom is -0.494 e. The molecule has 13 heteroatoms. The fourth-order valence-corrected chi connectivity index (χ4v) is 13.4. The smallest absolute Gasteiger partial charge is 0.342 e. The number of esters is 2. The highest BCUT2D eigenvalue weighted by Crippen LogP contribution is 2.69. The molecule has 9 rings (SSSR count). The summed E-state index contributed by atoms with van der Waals surface area (Å²) >= 11 is 0. The van der Waals surface area contributed by atoms with Crippen molar-refractivity contribution in [3.05, 3.63) is 64.9 Å². The van der Waals surface area contributed by atoms with Crippen LogP contribution in [0.5, 0.6) is 5.75 Å². The van der Waals surface area contributed by atoms with Gasteiger partial charge in [0, 0.05) is 72.3 Å². The van der Waals surface area contributed by atoms with Crippen molar-refractivity contribution in [3.63, 3.8) is 0 Å². The molecule has 2 aromatic carbocycles. The molecular formula is C44H57N5O8. The lowest BCUT2D eigenvalue weighted by Gasteiger charge is -2.63. The van der Waals surface area contributed by atoms with Crippen LogP contribution in [0.2, 0.25) is 0 Å². The summed E-state index contributed by atoms with van der Waals surface area (Å²) in [6.07, 6.45) is 5.50. The van der Waals surface area contributed by atoms with Crippen LogP contribution < -0.4 is 15.4 Å². The topological polar surface area (TPSA) is 174 Å². The number of carbonyl (C=O) groups excluding carboxylic acids is 2. The van der Waals surface area contributed by atoms with Crippen LogP contribution in [0.3, 0.4) is 0 Å². The number of nitrogens with zero attached hydrogens (tertiary/aromatic N) is 3. The number of rotatable bonds is 6. The van der Waals surface area contributed by atoms with Crippen molar-refractivity contribution < 1.29 is 39.1 Å². The van der Waals surface area contributed by atoms with Crippen LogP contribution >= 0.6 is 0 Å². The van der Waals surface area contributed by atoms with Crippen molar-refractivity contribution in [2.45, 2.75) is 92.6 Å². The van der Waals surface area contributed by atoms with Crippen molar-refractivity contribution >= 4 is 34.2 Å². The molecule has 10 atom stereocenters. The minimum absolute atomic E-state index is 0.125. The van der Waals surface area contributed by atoms with E-state index < -0.39 is 51.5 Å². The zero-order chi connectivity index (χ0) is 40.4. The lowest BCUT2D eigenvalue weighted by Crippen LogP contribution is -2.80. The molecule has 3 aromatic rings. The summed E-state index contributed by atoms with van der Waals surface area (Å²) < 4.78 is 17.6. The van der Waals surface area contributed by atoms with Gasteiger partial charge in [-0.2, -0.15) is 0 Å². The monoisotopic (exact) mass is 783 g/mol. The molecule has 6 heterocycles. The van der Waals surface area contributed by atoms with E-state index in [4.69, 9.17) is 19.9 Å². The molecule has 1 saturated carbocycles. The number of aliphatic hydroxyl groups is 3. The van der Waals surface area contributed by atoms with Gasteiger partial charge in [0.2, 0.25) is 5.60 Å². The number of likely N-dealkylation sites (N-methyl/N-ethyl adjacent to an activating group) is 1. The number of piperidine rings is 1. The molecule has 0 amide bonds. The maximum absolute atomic E-state index is 15.3. The number of hydrogen-bond donors (Lipinski definition) is 5. The van der Waals surface area contributed by atoms with Gasteiger partial charge in [-0.25, -0.2) is 4.79 Å². The average molecular weight is 784 g/mol. The molecular weight excluding hydrogens is 727 g/mol. The van der Waals surface area contributed by atoms with Crippen LogP contribution in [0.1, 0.15) is 68.3 Å². The number of para-hydroxylation sites is 1. The van der Waals surface area contributed by atoms with Gasteiger partial charge in [0.05, 0.1) is 44.3 Å². The van der Waals surface area contributed by atoms with Gasteiger partial charge in [-0.15, -0.1) is 0 Å². The molecule has 1 unspecified atom stereocenters. The summed E-state index contributed by atoms with van der Waals surface area (Å²) in [6.45, 7) is 7.22. The third kappa shape index (κ3) is 4.69. The zero-order valence-corrected chi connectivity index (χ0v) is 33.9. The first-order valence-corrected chi connectivity index (χ1v) is 20.5. The molecule has 1 aliphatic carbocycles. The molecule has 2 saturated heterocycles. The zero-order valence-electron chi connectivity index (χ0n) is 33.9. The number of ether oxygens (including phenoxy) is 3. The Morgan fingerprint density at radius 1 is 1.00 bits per heavy atom. The number of methoxy groups -OCH3 is 3. The van der Waals surface area contributed by atoms with E-state index in [1.54, 1.807) is 7.11 Å². The van der Waals surface area contributed by atoms with Crippen LogP contribution in [-0.4, -0.2) is 133 Å². The Hall–Kier alpha value is -4.14. The summed E-state index contributed by atoms with van der Waals surface area (Å²) in [4.78, 5) is 39.7. The molecule has 57 heavy (non-hydrogen) atoms. The number of carbonyl (C=O) groups is 2. The molecule has 6 N–H and O–H groups in total. The van der Waals surface area contributed by atoms with E-state index >= 15 is 4.79 Å². The van der Waals surface area contributed by atoms with Gasteiger partial charge in [0.1, 0.15) is 17.3 Å². The summed E-state index contributed by atoms with van der Waals surface area (Å²) in [6, 6.07) is 8.82. The van der Waals surface area contributed by atoms with Crippen molar-refractivity contribution in [1.29, 1.82) is 0 Å². The lowest BCUT2D eigenvalue weighted by molar-refractivity contribution is -0.218. The van der Waals surface area contributed by atoms with Gasteiger partial charge >= 0.3 is 11.9 Å². The second kappa shape index (κ2) is 12.9. The highest BCUT2D eigenvalue weighted by atomic mass is 16.5. The number of H-pyrrole nitrogens is 1. The van der Waals surface area contributed by atoms with E-state index in [-0.39, 0.29) is 17.6 Å². The van der Waals surface area contributed by atoms with Crippen molar-refractivity contribution in [3.8, 4) is 5.75 Å². The van der Waals surface area contributed by atoms with Crippen molar-refractivity contribution in [2.24, 2.45) is 11.3 Å². The number of fused-ring (bicyclic) bond motifs is 6. The van der Waals surface area contributed by atoms with Crippen LogP contribution in [0.25, 0.3) is 10.9 Å². The van der Waals surface area contributed by atoms with Gasteiger partial charge in [0.15, 0.2) is 0 Å². The first kappa shape index (κ1) is 38.4. The standard InChI is InChI=1S/C44H57N5O8/c1-7-40(53)21-25-22-43(38(51)56-5,34-27(14-18-48(23-25)24-40)26-12-9-10-13-30(26)46-34)29-20-28-32(31(45)33(29)55-4)47(3)36-42(28)16-19-49-17-11-15-41(8-2,35(42)49)37(50)44(36,54)39(52)57-6/h9-13,15,20,25,35-37,46,50,53-54H,7-8,14,16-19,21-24,45H2,1-6H3/t25-,35+,36-,37-,40+,41-,42-,43+,44+/m1/s1. The molecule has 6 aliphatic rings. The normalized spacial score (nSPS) is 38.0. The molecule has 2 bridgehead atoms. The Morgan fingerprint density at radius 3 is 2.46 bits per heavy atom. The third-order valence-electron chi connectivity index (χ3n) is 15.5. The Balaban J connectivity index is 1.39. The fourth-order valence-electron chi connectivity index (χ4n) is 13.4. The maximum atomic E-state index is 15.3. The highest BCUT2D eigenvalue weighted by Gasteiger charge is 2.79. The summed E-state index contributed by atoms with van der Waals surface area (Å²) in [5.41, 5.74) is 5.39. The first-order chi connectivity index (χ1) is 27.3. The van der Waals surface area contributed by atoms with Crippen molar-refractivity contribution in [2.75, 3.05) is 71.7 Å². The Labute approximate surface area is 333 Å². The first-order valence-electron chi connectivity index (χ1n) is 20.5. The predicted octanol–water partition coefficient (Wildman–Crippen LogP) is 3.00. The number of aliphatic hydroxyl groups excluding tert-OH is 1. The van der Waals surface area contributed by atoms with E-state index in [2.05, 4.69) is 26.9 Å². The molecule has 5 aliphatic heterocycles. The minimum atomic E-state index is -2.36. The van der Waals surface area contributed by atoms with Crippen molar-refractivity contribution in [1.82, 2.24) is 14.8 Å². The second-order valence-electron chi connectivity index (χ2n) is 17.8. The van der Waals surface area contributed by atoms with E-state index in [1.165, 1.54) is 14.2 Å². The number of aromatic amines is 1. The van der Waals surface area contributed by atoms with E-state index in [0.29, 0.717) is 93.9 Å². The van der Waals surface area contributed by atoms with Gasteiger partial charge in [0.25, 0.3) is 0 Å². The molecule has 306 valence electrons. The van der Waals surface area contributed by atoms with E-state index in [1.807, 2.05) is 56.1 Å². The van der Waals surface area contributed by atoms with Gasteiger partial charge < -0.3 is 45.1 Å². The molecule has 0 radical (unpaired) electrons. The van der Waals surface area contributed by atoms with Gasteiger partial charge in [-0.05, 0) is 74.2 Å². The van der Waals surface area contributed by atoms with Crippen LogP contribution in [0.4, 0.5) is 11.4 Å². The quantitative estimate of drug-likeness (QED) is 0.141. The van der Waals surface area contributed by atoms with E-state index in [9.17, 15) is 20.1 Å². The third-order valence-corrected chi connectivity index (χ3v) is 15.5. The number of benzene rings is 2. The van der Waals surface area contributed by atoms with E-state index in [0.717, 1.165) is 22.0 Å². The van der Waals surface area contributed by atoms with Crippen LogP contribution in [0.15, 0.2) is 42.5 Å². The van der Waals surface area contributed by atoms with Crippen LogP contribution in [-0.2, 0) is 36.3 Å². The fraction of sp³-hybridized carbons (Fsp3) is 0.591. The summed E-state index contributed by atoms with van der Waals surface area (Å²) in [5, 5.41) is 38.4. The maximum Gasteiger partial charge on any atom is 0.342 e. The van der Waals surface area contributed by atoms with Crippen LogP contribution in [0, 0.1) is 11.3 Å². The second-order valence-corrected chi connectivity index (χ2v) is 17.8. The van der Waals surface area contributed by atoms with Gasteiger partial charge in [-0.3, -0.25) is 14.6 Å². The summed E-state index contributed by atoms with van der Waals surface area (Å²) in [7, 11) is 6.01. The number of anilines is 2. The Morgan fingerprint density at radius 2 is 1.75 bits per heavy atom. The highest BCUT2D eigenvalue weighted by molar-refractivity contribution is 5.97. The number of nitrogens with one attached hydrogen (secondary N) is 1. The number of hydrogen-bond acceptors (Lipinski definition) is 12. The van der Waals surface area contributed by atoms with Gasteiger partial charge in [-0.1, -0.05) is 44.2 Å². The summed E-state index contributed by atoms with van der Waals surface area (Å²) in [5.74, 6) is -1.22. The molecule has 3 fully saturated rings. The Bertz CT molecular complexity index is 2190. The number of nitrogens with two attached hydrogens (primary N) is 1. The largest absolute Gasteiger partial charge is 0.494 e. The number of aromatic nitrogens is 1. The average Bonchev–Trinajstić information content (AvgIpc) is 3.88. The SMILES string of the molecule is CC[C@]1(O)C[C@H]2CN(CCc3c([nH]c4ccccc34)[C@@](C(=O)OC)(c3cc4c(c(N)c3OC)N(C)[C@H]3[C@@](O)(C(=O)OC)[C@H](O)[C@]5(CC)C=CCN6CC[C@]43[C@@H]65)C2)C1. The lowest BCUT2D eigenvalue weighted by atomic mass is 9.47. The molecule has 13 nitrogen and oxygen atoms in total. The predicted molar refractivity (Wildman–Crippen MR) is 215 cm³/mol. The Kier molecular flexibility index (Phi) is 8.71.